The lowest BCUT2D eigenvalue weighted by Gasteiger charge is -2.47. The number of allylic oxidation sites excluding steroid dienone is 4. The SMILES string of the molecule is CC12SC(C(=O)OC3[C@@H](O)[C@H](O)C(O)[C@H](O)[C@H]3O)=CC1=C1C(=C3C=C(C(=O)OC4[C@@H](O)[C@H](O)C(O)[C@H](O)[C@H]4O)SC32C)C(F)(F)C(F)(F)C1(F)F. The maximum absolute atomic E-state index is 15.6. The number of ether oxygens (including phenoxy) is 2. The van der Waals surface area contributed by atoms with Crippen molar-refractivity contribution in [3.8, 4) is 0 Å². The van der Waals surface area contributed by atoms with E-state index >= 15 is 26.3 Å². The molecule has 0 spiro atoms. The van der Waals surface area contributed by atoms with E-state index in [1.165, 1.54) is 0 Å². The van der Waals surface area contributed by atoms with Crippen LogP contribution < -0.4 is 0 Å². The largest absolute Gasteiger partial charge is 0.453 e. The van der Waals surface area contributed by atoms with Crippen LogP contribution in [0, 0.1) is 0 Å². The molecule has 14 atom stereocenters. The summed E-state index contributed by atoms with van der Waals surface area (Å²) < 4.78 is 98.1. The van der Waals surface area contributed by atoms with Crippen LogP contribution in [0.5, 0.6) is 0 Å². The zero-order chi connectivity index (χ0) is 38.3. The van der Waals surface area contributed by atoms with E-state index in [4.69, 9.17) is 9.47 Å². The van der Waals surface area contributed by atoms with Gasteiger partial charge < -0.3 is 60.5 Å². The highest BCUT2D eigenvalue weighted by Gasteiger charge is 2.84. The van der Waals surface area contributed by atoms with Crippen molar-refractivity contribution in [2.45, 2.75) is 114 Å². The predicted molar refractivity (Wildman–Crippen MR) is 157 cm³/mol. The molecule has 22 heteroatoms. The number of carbonyl (C=O) groups is 2. The van der Waals surface area contributed by atoms with Crippen molar-refractivity contribution < 1.29 is 96.5 Å². The number of hydrogen-bond donors (Lipinski definition) is 10. The molecular weight excluding hydrogens is 750 g/mol. The number of aliphatic hydroxyl groups is 10. The Bertz CT molecular complexity index is 1540. The molecule has 6 unspecified atom stereocenters. The summed E-state index contributed by atoms with van der Waals surface area (Å²) in [5.74, 6) is -20.3. The molecule has 14 nitrogen and oxygen atoms in total. The summed E-state index contributed by atoms with van der Waals surface area (Å²) in [7, 11) is 0. The number of alkyl halides is 6. The first-order valence-corrected chi connectivity index (χ1v) is 16.6. The van der Waals surface area contributed by atoms with E-state index in [9.17, 15) is 60.7 Å². The Balaban J connectivity index is 1.41. The van der Waals surface area contributed by atoms with Gasteiger partial charge in [0.1, 0.15) is 61.0 Å². The Kier molecular flexibility index (Phi) is 8.98. The van der Waals surface area contributed by atoms with Gasteiger partial charge in [-0.25, -0.2) is 9.59 Å². The molecule has 0 radical (unpaired) electrons. The second-order valence-electron chi connectivity index (χ2n) is 13.2. The van der Waals surface area contributed by atoms with Crippen molar-refractivity contribution in [3.63, 3.8) is 0 Å². The molecule has 2 heterocycles. The second kappa shape index (κ2) is 11.9. The van der Waals surface area contributed by atoms with Crippen molar-refractivity contribution >= 4 is 35.5 Å². The fourth-order valence-electron chi connectivity index (χ4n) is 7.15. The average molecular weight is 781 g/mol. The van der Waals surface area contributed by atoms with E-state index < -0.39 is 145 Å². The molecule has 0 saturated heterocycles. The van der Waals surface area contributed by atoms with Gasteiger partial charge in [-0.15, -0.1) is 23.5 Å². The fourth-order valence-corrected chi connectivity index (χ4v) is 10.0. The number of carbonyl (C=O) groups excluding carboxylic acids is 2. The van der Waals surface area contributed by atoms with Crippen LogP contribution >= 0.6 is 23.5 Å². The third-order valence-electron chi connectivity index (χ3n) is 10.4. The Morgan fingerprint density at radius 2 is 0.784 bits per heavy atom. The van der Waals surface area contributed by atoms with Crippen molar-refractivity contribution in [2.24, 2.45) is 0 Å². The van der Waals surface area contributed by atoms with E-state index in [0.717, 1.165) is 13.8 Å². The Hall–Kier alpha value is -2.22. The Labute approximate surface area is 290 Å². The van der Waals surface area contributed by atoms with Gasteiger partial charge in [0.25, 0.3) is 0 Å². The third kappa shape index (κ3) is 4.91. The van der Waals surface area contributed by atoms with E-state index in [2.05, 4.69) is 0 Å². The Morgan fingerprint density at radius 3 is 1.06 bits per heavy atom. The van der Waals surface area contributed by atoms with Crippen LogP contribution in [-0.2, 0) is 19.1 Å². The molecule has 6 rings (SSSR count). The molecule has 51 heavy (non-hydrogen) atoms. The molecule has 6 aliphatic rings. The van der Waals surface area contributed by atoms with Crippen LogP contribution in [0.15, 0.2) is 44.3 Å². The summed E-state index contributed by atoms with van der Waals surface area (Å²) >= 11 is 0.656. The fraction of sp³-hybridized carbons (Fsp3) is 0.655. The average Bonchev–Trinajstić information content (AvgIpc) is 3.65. The molecule has 0 aromatic rings. The lowest BCUT2D eigenvalue weighted by atomic mass is 9.71. The highest BCUT2D eigenvalue weighted by Crippen LogP contribution is 2.74. The van der Waals surface area contributed by atoms with Gasteiger partial charge in [-0.3, -0.25) is 0 Å². The van der Waals surface area contributed by atoms with Crippen LogP contribution in [-0.4, -0.2) is 164 Å². The normalized spacial score (nSPS) is 46.5. The predicted octanol–water partition coefficient (Wildman–Crippen LogP) is -2.25. The first-order chi connectivity index (χ1) is 23.3. The maximum atomic E-state index is 15.6. The van der Waals surface area contributed by atoms with Gasteiger partial charge in [0.2, 0.25) is 0 Å². The summed E-state index contributed by atoms with van der Waals surface area (Å²) in [5, 5.41) is 101. The molecule has 0 amide bonds. The number of hydrogen-bond acceptors (Lipinski definition) is 16. The van der Waals surface area contributed by atoms with Crippen molar-refractivity contribution in [2.75, 3.05) is 0 Å². The first kappa shape index (κ1) is 38.5. The number of thioether (sulfide) groups is 2. The van der Waals surface area contributed by atoms with E-state index in [1.807, 2.05) is 0 Å². The minimum Gasteiger partial charge on any atom is -0.453 e. The minimum atomic E-state index is -6.05. The number of rotatable bonds is 4. The molecule has 3 fully saturated rings. The summed E-state index contributed by atoms with van der Waals surface area (Å²) in [5.41, 5.74) is -5.59. The summed E-state index contributed by atoms with van der Waals surface area (Å²) in [6.45, 7) is 2.20. The number of fused-ring (bicyclic) bond motifs is 4. The van der Waals surface area contributed by atoms with Crippen molar-refractivity contribution in [3.05, 3.63) is 44.3 Å². The van der Waals surface area contributed by atoms with Crippen molar-refractivity contribution in [1.29, 1.82) is 0 Å². The summed E-state index contributed by atoms with van der Waals surface area (Å²) in [4.78, 5) is 25.2. The van der Waals surface area contributed by atoms with Gasteiger partial charge in [0, 0.05) is 11.1 Å². The Morgan fingerprint density at radius 1 is 0.529 bits per heavy atom. The number of aliphatic hydroxyl groups excluding tert-OH is 10. The molecule has 284 valence electrons. The van der Waals surface area contributed by atoms with Crippen LogP contribution in [0.4, 0.5) is 26.3 Å². The van der Waals surface area contributed by atoms with Gasteiger partial charge in [-0.1, -0.05) is 0 Å². The second-order valence-corrected chi connectivity index (χ2v) is 16.2. The smallest absolute Gasteiger partial charge is 0.380 e. The molecule has 0 bridgehead atoms. The molecule has 10 N–H and O–H groups in total. The van der Waals surface area contributed by atoms with Gasteiger partial charge in [0.15, 0.2) is 12.2 Å². The van der Waals surface area contributed by atoms with Gasteiger partial charge in [0.05, 0.1) is 19.3 Å². The van der Waals surface area contributed by atoms with Gasteiger partial charge >= 0.3 is 29.7 Å². The summed E-state index contributed by atoms with van der Waals surface area (Å²) in [6.07, 6.45) is -24.8. The monoisotopic (exact) mass is 780 g/mol. The molecule has 3 saturated carbocycles. The molecule has 0 aromatic heterocycles. The molecular formula is C29H30F6O14S2. The molecule has 2 aliphatic heterocycles. The minimum absolute atomic E-state index is 0.328. The van der Waals surface area contributed by atoms with Gasteiger partial charge in [-0.2, -0.15) is 26.3 Å². The van der Waals surface area contributed by atoms with Crippen LogP contribution in [0.1, 0.15) is 13.8 Å². The number of esters is 2. The topological polar surface area (TPSA) is 255 Å². The third-order valence-corrected chi connectivity index (χ3v) is 13.6. The van der Waals surface area contributed by atoms with Crippen LogP contribution in [0.3, 0.4) is 0 Å². The maximum Gasteiger partial charge on any atom is 0.380 e. The zero-order valence-electron chi connectivity index (χ0n) is 25.8. The standard InChI is InChI=1S/C29H30F6O14S2/c1-25-5(3-7(50-25)23(46)48-21-17(42)13(38)11(36)14(39)18(21)43)9-10(28(32,33)29(34,35)27(9,30)31)6-4-8(51-26(6,25)2)24(47)49-22-19(44)15(40)12(37)16(41)20(22)45/h3-4,11-22,36-45H,1-2H3/t11?,12?,13-,14+,15-,16+,17+,18-,19+,20-,21?,22?,25?,26?. The number of halogens is 6. The lowest BCUT2D eigenvalue weighted by molar-refractivity contribution is -0.258. The highest BCUT2D eigenvalue weighted by molar-refractivity contribution is 8.10. The molecule has 4 aliphatic carbocycles. The summed E-state index contributed by atoms with van der Waals surface area (Å²) in [6, 6.07) is 0. The van der Waals surface area contributed by atoms with Gasteiger partial charge in [-0.05, 0) is 37.1 Å². The highest BCUT2D eigenvalue weighted by atomic mass is 32.2. The quantitative estimate of drug-likeness (QED) is 0.107. The van der Waals surface area contributed by atoms with Crippen LogP contribution in [0.25, 0.3) is 0 Å². The zero-order valence-corrected chi connectivity index (χ0v) is 27.4. The van der Waals surface area contributed by atoms with Crippen molar-refractivity contribution in [1.82, 2.24) is 0 Å². The lowest BCUT2D eigenvalue weighted by Crippen LogP contribution is -2.64. The van der Waals surface area contributed by atoms with E-state index in [-0.39, 0.29) is 0 Å². The molecule has 0 aromatic carbocycles. The van der Waals surface area contributed by atoms with E-state index in [1.54, 1.807) is 0 Å². The van der Waals surface area contributed by atoms with E-state index in [0.29, 0.717) is 35.7 Å². The first-order valence-electron chi connectivity index (χ1n) is 15.0. The van der Waals surface area contributed by atoms with Crippen LogP contribution in [0.2, 0.25) is 0 Å².